The fourth-order valence-electron chi connectivity index (χ4n) is 3.40. The summed E-state index contributed by atoms with van der Waals surface area (Å²) in [6.07, 6.45) is 6.52. The van der Waals surface area contributed by atoms with E-state index in [-0.39, 0.29) is 11.8 Å². The molecule has 0 saturated carbocycles. The maximum Gasteiger partial charge on any atom is 0.254 e. The van der Waals surface area contributed by atoms with Crippen molar-refractivity contribution in [3.8, 4) is 0 Å². The second-order valence-electron chi connectivity index (χ2n) is 7.23. The Bertz CT molecular complexity index is 1260. The zero-order chi connectivity index (χ0) is 22.3. The third-order valence-electron chi connectivity index (χ3n) is 5.06. The lowest BCUT2D eigenvalue weighted by Crippen LogP contribution is -2.30. The highest BCUT2D eigenvalue weighted by molar-refractivity contribution is 6.04. The van der Waals surface area contributed by atoms with Gasteiger partial charge in [0, 0.05) is 48.2 Å². The molecule has 0 atom stereocenters. The van der Waals surface area contributed by atoms with Crippen molar-refractivity contribution in [2.75, 3.05) is 11.9 Å². The molecule has 0 aliphatic carbocycles. The molecule has 32 heavy (non-hydrogen) atoms. The molecule has 2 aromatic heterocycles. The van der Waals surface area contributed by atoms with Gasteiger partial charge in [0.25, 0.3) is 5.91 Å². The van der Waals surface area contributed by atoms with Crippen molar-refractivity contribution < 1.29 is 9.59 Å². The molecule has 0 aliphatic rings. The highest BCUT2D eigenvalue weighted by Crippen LogP contribution is 2.17. The molecule has 160 valence electrons. The molecule has 0 bridgehead atoms. The van der Waals surface area contributed by atoms with Gasteiger partial charge in [0.15, 0.2) is 0 Å². The Kier molecular flexibility index (Phi) is 6.36. The highest BCUT2D eigenvalue weighted by atomic mass is 16.2. The molecule has 2 aromatic carbocycles. The molecule has 7 nitrogen and oxygen atoms in total. The molecule has 2 heterocycles. The number of H-pyrrole nitrogens is 1. The Morgan fingerprint density at radius 1 is 1.06 bits per heavy atom. The minimum absolute atomic E-state index is 0.0982. The fourth-order valence-corrected chi connectivity index (χ4v) is 3.40. The van der Waals surface area contributed by atoms with Crippen LogP contribution in [-0.2, 0) is 11.3 Å². The number of aromatic nitrogens is 3. The van der Waals surface area contributed by atoms with Gasteiger partial charge in [-0.15, -0.1) is 0 Å². The molecule has 4 aromatic rings. The molecule has 0 aliphatic heterocycles. The van der Waals surface area contributed by atoms with Crippen LogP contribution in [0.1, 0.15) is 28.5 Å². The average molecular weight is 425 g/mol. The largest absolute Gasteiger partial charge is 0.335 e. The van der Waals surface area contributed by atoms with Crippen molar-refractivity contribution in [1.29, 1.82) is 0 Å². The van der Waals surface area contributed by atoms with Gasteiger partial charge < -0.3 is 10.2 Å². The quantitative estimate of drug-likeness (QED) is 0.433. The van der Waals surface area contributed by atoms with Crippen molar-refractivity contribution in [3.63, 3.8) is 0 Å². The van der Waals surface area contributed by atoms with Gasteiger partial charge in [-0.2, -0.15) is 5.10 Å². The van der Waals surface area contributed by atoms with Gasteiger partial charge in [-0.05, 0) is 55.0 Å². The van der Waals surface area contributed by atoms with E-state index in [1.165, 1.54) is 6.08 Å². The fraction of sp³-hybridized carbons (Fsp3) is 0.120. The zero-order valence-electron chi connectivity index (χ0n) is 17.7. The predicted octanol–water partition coefficient (Wildman–Crippen LogP) is 4.27. The van der Waals surface area contributed by atoms with Gasteiger partial charge in [0.05, 0.1) is 11.2 Å². The first-order valence-electron chi connectivity index (χ1n) is 10.3. The van der Waals surface area contributed by atoms with Crippen LogP contribution in [0.5, 0.6) is 0 Å². The van der Waals surface area contributed by atoms with Crippen molar-refractivity contribution in [2.45, 2.75) is 13.5 Å². The van der Waals surface area contributed by atoms with Crippen LogP contribution in [0.15, 0.2) is 79.1 Å². The standard InChI is InChI=1S/C25H23N5O2/c1-2-30(17-18-12-14-26-15-13-18)25(32)19-6-5-7-20(16-19)27-24(31)11-10-23-21-8-3-4-9-22(21)28-29-23/h3-16H,2,17H2,1H3,(H,27,31)(H,28,29). The lowest BCUT2D eigenvalue weighted by atomic mass is 10.1. The Morgan fingerprint density at radius 2 is 1.88 bits per heavy atom. The molecular weight excluding hydrogens is 402 g/mol. The van der Waals surface area contributed by atoms with E-state index >= 15 is 0 Å². The number of carbonyl (C=O) groups excluding carboxylic acids is 2. The topological polar surface area (TPSA) is 91.0 Å². The number of nitrogens with zero attached hydrogens (tertiary/aromatic N) is 3. The predicted molar refractivity (Wildman–Crippen MR) is 125 cm³/mol. The monoisotopic (exact) mass is 425 g/mol. The summed E-state index contributed by atoms with van der Waals surface area (Å²) in [5, 5.41) is 10.9. The first-order chi connectivity index (χ1) is 15.6. The number of benzene rings is 2. The van der Waals surface area contributed by atoms with Gasteiger partial charge >= 0.3 is 0 Å². The van der Waals surface area contributed by atoms with Gasteiger partial charge in [-0.1, -0.05) is 24.3 Å². The number of rotatable bonds is 7. The molecule has 2 amide bonds. The summed E-state index contributed by atoms with van der Waals surface area (Å²) in [7, 11) is 0. The molecule has 2 N–H and O–H groups in total. The number of anilines is 1. The Hall–Kier alpha value is -4.26. The first kappa shape index (κ1) is 21.0. The summed E-state index contributed by atoms with van der Waals surface area (Å²) in [6, 6.07) is 18.4. The first-order valence-corrected chi connectivity index (χ1v) is 10.3. The van der Waals surface area contributed by atoms with E-state index in [4.69, 9.17) is 0 Å². The molecule has 0 saturated heterocycles. The molecule has 0 radical (unpaired) electrons. The maximum atomic E-state index is 13.0. The SMILES string of the molecule is CCN(Cc1ccncc1)C(=O)c1cccc(NC(=O)C=Cc2n[nH]c3ccccc23)c1. The smallest absolute Gasteiger partial charge is 0.254 e. The normalized spacial score (nSPS) is 11.0. The number of aromatic amines is 1. The van der Waals surface area contributed by atoms with Crippen molar-refractivity contribution in [1.82, 2.24) is 20.1 Å². The Balaban J connectivity index is 1.44. The minimum atomic E-state index is -0.300. The van der Waals surface area contributed by atoms with E-state index in [1.807, 2.05) is 43.3 Å². The van der Waals surface area contributed by atoms with Crippen molar-refractivity contribution in [3.05, 3.63) is 96.0 Å². The number of para-hydroxylation sites is 1. The van der Waals surface area contributed by atoms with E-state index in [1.54, 1.807) is 47.6 Å². The van der Waals surface area contributed by atoms with Crippen LogP contribution in [0.4, 0.5) is 5.69 Å². The van der Waals surface area contributed by atoms with E-state index in [9.17, 15) is 9.59 Å². The van der Waals surface area contributed by atoms with E-state index in [0.29, 0.717) is 30.0 Å². The summed E-state index contributed by atoms with van der Waals surface area (Å²) in [4.78, 5) is 31.2. The van der Waals surface area contributed by atoms with Crippen LogP contribution in [0.2, 0.25) is 0 Å². The summed E-state index contributed by atoms with van der Waals surface area (Å²) in [5.74, 6) is -0.398. The molecule has 4 rings (SSSR count). The van der Waals surface area contributed by atoms with Gasteiger partial charge in [0.1, 0.15) is 0 Å². The van der Waals surface area contributed by atoms with Crippen LogP contribution in [-0.4, -0.2) is 38.4 Å². The van der Waals surface area contributed by atoms with E-state index in [0.717, 1.165) is 16.5 Å². The average Bonchev–Trinajstić information content (AvgIpc) is 3.25. The number of hydrogen-bond acceptors (Lipinski definition) is 4. The molecule has 0 spiro atoms. The number of fused-ring (bicyclic) bond motifs is 1. The lowest BCUT2D eigenvalue weighted by molar-refractivity contribution is -0.111. The number of carbonyl (C=O) groups is 2. The second kappa shape index (κ2) is 9.70. The Labute approximate surface area is 185 Å². The lowest BCUT2D eigenvalue weighted by Gasteiger charge is -2.21. The van der Waals surface area contributed by atoms with Gasteiger partial charge in [-0.3, -0.25) is 19.7 Å². The number of pyridine rings is 1. The summed E-state index contributed by atoms with van der Waals surface area (Å²) in [6.45, 7) is 3.00. The van der Waals surface area contributed by atoms with Crippen LogP contribution in [0.25, 0.3) is 17.0 Å². The molecule has 0 unspecified atom stereocenters. The number of hydrogen-bond donors (Lipinski definition) is 2. The maximum absolute atomic E-state index is 13.0. The van der Waals surface area contributed by atoms with Crippen LogP contribution in [0, 0.1) is 0 Å². The van der Waals surface area contributed by atoms with E-state index < -0.39 is 0 Å². The Morgan fingerprint density at radius 3 is 2.69 bits per heavy atom. The molecule has 7 heteroatoms. The zero-order valence-corrected chi connectivity index (χ0v) is 17.7. The van der Waals surface area contributed by atoms with Crippen molar-refractivity contribution in [2.24, 2.45) is 0 Å². The van der Waals surface area contributed by atoms with Crippen molar-refractivity contribution >= 4 is 34.5 Å². The highest BCUT2D eigenvalue weighted by Gasteiger charge is 2.15. The van der Waals surface area contributed by atoms with Crippen LogP contribution in [0.3, 0.4) is 0 Å². The molecule has 0 fully saturated rings. The summed E-state index contributed by atoms with van der Waals surface area (Å²) in [5.41, 5.74) is 3.68. The van der Waals surface area contributed by atoms with E-state index in [2.05, 4.69) is 20.5 Å². The number of amides is 2. The minimum Gasteiger partial charge on any atom is -0.335 e. The second-order valence-corrected chi connectivity index (χ2v) is 7.23. The number of nitrogens with one attached hydrogen (secondary N) is 2. The van der Waals surface area contributed by atoms with Crippen LogP contribution >= 0.6 is 0 Å². The van der Waals surface area contributed by atoms with Gasteiger partial charge in [0.2, 0.25) is 5.91 Å². The summed E-state index contributed by atoms with van der Waals surface area (Å²) >= 11 is 0. The third kappa shape index (κ3) is 4.89. The molecular formula is C25H23N5O2. The third-order valence-corrected chi connectivity index (χ3v) is 5.06. The summed E-state index contributed by atoms with van der Waals surface area (Å²) < 4.78 is 0. The van der Waals surface area contributed by atoms with Gasteiger partial charge in [-0.25, -0.2) is 0 Å². The van der Waals surface area contributed by atoms with Crippen LogP contribution < -0.4 is 5.32 Å².